The Morgan fingerprint density at radius 2 is 2.38 bits per heavy atom. The Labute approximate surface area is 92.2 Å². The molecule has 16 heavy (non-hydrogen) atoms. The molecule has 0 spiro atoms. The summed E-state index contributed by atoms with van der Waals surface area (Å²) >= 11 is 0. The molecule has 1 heterocycles. The lowest BCUT2D eigenvalue weighted by Crippen LogP contribution is -2.39. The molecule has 0 aromatic carbocycles. The van der Waals surface area contributed by atoms with Crippen LogP contribution in [0.4, 0.5) is 5.82 Å². The first-order chi connectivity index (χ1) is 7.56. The average molecular weight is 221 g/mol. The molecule has 0 bridgehead atoms. The Kier molecular flexibility index (Phi) is 3.80. The number of nitriles is 1. The molecule has 6 heteroatoms. The molecule has 0 aliphatic heterocycles. The van der Waals surface area contributed by atoms with Crippen molar-refractivity contribution in [3.63, 3.8) is 0 Å². The van der Waals surface area contributed by atoms with Crippen molar-refractivity contribution in [1.82, 2.24) is 4.98 Å². The third kappa shape index (κ3) is 2.68. The van der Waals surface area contributed by atoms with Gasteiger partial charge in [0.25, 0.3) is 0 Å². The van der Waals surface area contributed by atoms with Crippen LogP contribution in [0.25, 0.3) is 0 Å². The second kappa shape index (κ2) is 5.09. The maximum absolute atomic E-state index is 10.8. The van der Waals surface area contributed by atoms with E-state index in [9.17, 15) is 9.90 Å². The average Bonchev–Trinajstić information content (AvgIpc) is 2.25. The van der Waals surface area contributed by atoms with Gasteiger partial charge in [0.05, 0.1) is 11.7 Å². The number of anilines is 1. The number of carbonyl (C=O) groups is 1. The standard InChI is InChI=1S/C10H11N3O3/c1-6(14)8(10(15)16)13-9-7(5-11)3-2-4-12-9/h2-4,6,8,14H,1H3,(H,12,13)(H,15,16). The minimum Gasteiger partial charge on any atom is -0.480 e. The summed E-state index contributed by atoms with van der Waals surface area (Å²) in [6.07, 6.45) is 0.343. The van der Waals surface area contributed by atoms with Crippen molar-refractivity contribution in [3.8, 4) is 6.07 Å². The Morgan fingerprint density at radius 1 is 1.69 bits per heavy atom. The van der Waals surface area contributed by atoms with Gasteiger partial charge in [-0.1, -0.05) is 0 Å². The van der Waals surface area contributed by atoms with Crippen molar-refractivity contribution in [1.29, 1.82) is 5.26 Å². The lowest BCUT2D eigenvalue weighted by Gasteiger charge is -2.17. The van der Waals surface area contributed by atoms with Crippen LogP contribution in [0.2, 0.25) is 0 Å². The number of nitrogens with one attached hydrogen (secondary N) is 1. The summed E-state index contributed by atoms with van der Waals surface area (Å²) in [4.78, 5) is 14.7. The molecule has 6 nitrogen and oxygen atoms in total. The van der Waals surface area contributed by atoms with Gasteiger partial charge in [0.15, 0.2) is 6.04 Å². The molecule has 0 amide bonds. The molecule has 0 saturated carbocycles. The fraction of sp³-hybridized carbons (Fsp3) is 0.300. The molecule has 1 aromatic rings. The summed E-state index contributed by atoms with van der Waals surface area (Å²) in [7, 11) is 0. The smallest absolute Gasteiger partial charge is 0.328 e. The summed E-state index contributed by atoms with van der Waals surface area (Å²) in [6, 6.07) is 3.77. The van der Waals surface area contributed by atoms with Gasteiger partial charge < -0.3 is 15.5 Å². The summed E-state index contributed by atoms with van der Waals surface area (Å²) < 4.78 is 0. The Morgan fingerprint density at radius 3 is 2.88 bits per heavy atom. The third-order valence-corrected chi connectivity index (χ3v) is 1.97. The van der Waals surface area contributed by atoms with E-state index in [2.05, 4.69) is 10.3 Å². The van der Waals surface area contributed by atoms with Crippen molar-refractivity contribution >= 4 is 11.8 Å². The zero-order valence-electron chi connectivity index (χ0n) is 8.58. The number of carboxylic acid groups (broad SMARTS) is 1. The summed E-state index contributed by atoms with van der Waals surface area (Å²) in [5, 5.41) is 29.4. The number of carboxylic acids is 1. The van der Waals surface area contributed by atoms with Gasteiger partial charge in [-0.25, -0.2) is 9.78 Å². The van der Waals surface area contributed by atoms with Crippen LogP contribution in [0.1, 0.15) is 12.5 Å². The summed E-state index contributed by atoms with van der Waals surface area (Å²) in [5.41, 5.74) is 0.231. The van der Waals surface area contributed by atoms with Crippen LogP contribution in [0.15, 0.2) is 18.3 Å². The van der Waals surface area contributed by atoms with Crippen LogP contribution >= 0.6 is 0 Å². The van der Waals surface area contributed by atoms with Crippen molar-refractivity contribution in [2.75, 3.05) is 5.32 Å². The van der Waals surface area contributed by atoms with E-state index in [-0.39, 0.29) is 11.4 Å². The van der Waals surface area contributed by atoms with Gasteiger partial charge >= 0.3 is 5.97 Å². The molecule has 2 atom stereocenters. The zero-order valence-corrected chi connectivity index (χ0v) is 8.58. The number of aliphatic hydroxyl groups excluding tert-OH is 1. The van der Waals surface area contributed by atoms with Gasteiger partial charge in [0.1, 0.15) is 11.9 Å². The van der Waals surface area contributed by atoms with E-state index in [1.165, 1.54) is 19.2 Å². The summed E-state index contributed by atoms with van der Waals surface area (Å²) in [6.45, 7) is 1.35. The van der Waals surface area contributed by atoms with Gasteiger partial charge in [-0.3, -0.25) is 0 Å². The Balaban J connectivity index is 2.94. The first kappa shape index (κ1) is 11.9. The predicted octanol–water partition coefficient (Wildman–Crippen LogP) is 0.199. The predicted molar refractivity (Wildman–Crippen MR) is 55.7 cm³/mol. The van der Waals surface area contributed by atoms with Crippen LogP contribution in [-0.2, 0) is 4.79 Å². The first-order valence-corrected chi connectivity index (χ1v) is 4.58. The first-order valence-electron chi connectivity index (χ1n) is 4.58. The number of hydrogen-bond acceptors (Lipinski definition) is 5. The molecule has 0 aliphatic carbocycles. The zero-order chi connectivity index (χ0) is 12.1. The topological polar surface area (TPSA) is 106 Å². The largest absolute Gasteiger partial charge is 0.480 e. The van der Waals surface area contributed by atoms with E-state index in [4.69, 9.17) is 10.4 Å². The number of pyridine rings is 1. The second-order valence-electron chi connectivity index (χ2n) is 3.21. The van der Waals surface area contributed by atoms with E-state index >= 15 is 0 Å². The SMILES string of the molecule is CC(O)C(Nc1ncccc1C#N)C(=O)O. The molecule has 0 aliphatic rings. The molecule has 0 radical (unpaired) electrons. The van der Waals surface area contributed by atoms with Gasteiger partial charge in [-0.05, 0) is 19.1 Å². The highest BCUT2D eigenvalue weighted by Crippen LogP contribution is 2.12. The number of aromatic nitrogens is 1. The quantitative estimate of drug-likeness (QED) is 0.670. The maximum atomic E-state index is 10.8. The number of aliphatic hydroxyl groups is 1. The van der Waals surface area contributed by atoms with Gasteiger partial charge in [-0.2, -0.15) is 5.26 Å². The molecule has 0 fully saturated rings. The minimum atomic E-state index is -1.20. The molecule has 0 saturated heterocycles. The van der Waals surface area contributed by atoms with Crippen molar-refractivity contribution in [3.05, 3.63) is 23.9 Å². The van der Waals surface area contributed by atoms with Crippen molar-refractivity contribution < 1.29 is 15.0 Å². The Bertz CT molecular complexity index is 426. The molecular formula is C10H11N3O3. The highest BCUT2D eigenvalue weighted by Gasteiger charge is 2.23. The van der Waals surface area contributed by atoms with Crippen LogP contribution in [0.5, 0.6) is 0 Å². The number of rotatable bonds is 4. The van der Waals surface area contributed by atoms with Crippen molar-refractivity contribution in [2.45, 2.75) is 19.1 Å². The van der Waals surface area contributed by atoms with Gasteiger partial charge in [0.2, 0.25) is 0 Å². The monoisotopic (exact) mass is 221 g/mol. The van der Waals surface area contributed by atoms with E-state index < -0.39 is 18.1 Å². The van der Waals surface area contributed by atoms with Gasteiger partial charge in [0, 0.05) is 6.20 Å². The van der Waals surface area contributed by atoms with Gasteiger partial charge in [-0.15, -0.1) is 0 Å². The Hall–Kier alpha value is -2.13. The lowest BCUT2D eigenvalue weighted by atomic mass is 10.1. The van der Waals surface area contributed by atoms with E-state index in [0.717, 1.165) is 0 Å². The number of aliphatic carboxylic acids is 1. The fourth-order valence-corrected chi connectivity index (χ4v) is 1.15. The molecular weight excluding hydrogens is 210 g/mol. The van der Waals surface area contributed by atoms with Crippen LogP contribution < -0.4 is 5.32 Å². The fourth-order valence-electron chi connectivity index (χ4n) is 1.15. The maximum Gasteiger partial charge on any atom is 0.328 e. The van der Waals surface area contributed by atoms with Crippen LogP contribution in [-0.4, -0.2) is 33.3 Å². The molecule has 84 valence electrons. The molecule has 3 N–H and O–H groups in total. The molecule has 1 rings (SSSR count). The second-order valence-corrected chi connectivity index (χ2v) is 3.21. The number of hydrogen-bond donors (Lipinski definition) is 3. The third-order valence-electron chi connectivity index (χ3n) is 1.97. The van der Waals surface area contributed by atoms with Crippen LogP contribution in [0, 0.1) is 11.3 Å². The minimum absolute atomic E-state index is 0.151. The number of nitrogens with zero attached hydrogens (tertiary/aromatic N) is 2. The van der Waals surface area contributed by atoms with Crippen molar-refractivity contribution in [2.24, 2.45) is 0 Å². The molecule has 2 unspecified atom stereocenters. The molecule has 1 aromatic heterocycles. The lowest BCUT2D eigenvalue weighted by molar-refractivity contribution is -0.140. The van der Waals surface area contributed by atoms with Crippen LogP contribution in [0.3, 0.4) is 0 Å². The summed E-state index contributed by atoms with van der Waals surface area (Å²) in [5.74, 6) is -1.05. The van der Waals surface area contributed by atoms with E-state index in [1.807, 2.05) is 6.07 Å². The van der Waals surface area contributed by atoms with E-state index in [0.29, 0.717) is 0 Å². The van der Waals surface area contributed by atoms with E-state index in [1.54, 1.807) is 6.07 Å². The highest BCUT2D eigenvalue weighted by atomic mass is 16.4. The normalized spacial score (nSPS) is 13.6. The highest BCUT2D eigenvalue weighted by molar-refractivity contribution is 5.78.